The predicted molar refractivity (Wildman–Crippen MR) is 66.0 cm³/mol. The van der Waals surface area contributed by atoms with Crippen LogP contribution >= 0.6 is 0 Å². The summed E-state index contributed by atoms with van der Waals surface area (Å²) >= 11 is 0. The Morgan fingerprint density at radius 3 is 2.50 bits per heavy atom. The zero-order valence-corrected chi connectivity index (χ0v) is 10.0. The van der Waals surface area contributed by atoms with Gasteiger partial charge in [0, 0.05) is 13.1 Å². The molecule has 1 N–H and O–H groups in total. The van der Waals surface area contributed by atoms with Crippen LogP contribution < -0.4 is 0 Å². The molecule has 1 atom stereocenters. The fraction of sp³-hybridized carbons (Fsp3) is 0.571. The lowest BCUT2D eigenvalue weighted by molar-refractivity contribution is 0.281. The van der Waals surface area contributed by atoms with Gasteiger partial charge in [0.1, 0.15) is 0 Å². The fourth-order valence-electron chi connectivity index (χ4n) is 2.40. The standard InChI is InChI=1S/C14H21NO/c1-2-12-7-8-15(9-12)10-13-3-5-14(11-16)6-4-13/h3-6,12,16H,2,7-11H2,1H3. The third-order valence-corrected chi connectivity index (χ3v) is 3.56. The van der Waals surface area contributed by atoms with E-state index in [1.165, 1.54) is 31.5 Å². The lowest BCUT2D eigenvalue weighted by Crippen LogP contribution is -2.19. The molecule has 2 heteroatoms. The van der Waals surface area contributed by atoms with Crippen LogP contribution in [0.25, 0.3) is 0 Å². The summed E-state index contributed by atoms with van der Waals surface area (Å²) < 4.78 is 0. The Morgan fingerprint density at radius 2 is 1.94 bits per heavy atom. The van der Waals surface area contributed by atoms with Gasteiger partial charge in [0.05, 0.1) is 6.61 Å². The fourth-order valence-corrected chi connectivity index (χ4v) is 2.40. The molecule has 16 heavy (non-hydrogen) atoms. The summed E-state index contributed by atoms with van der Waals surface area (Å²) in [6, 6.07) is 8.29. The molecular weight excluding hydrogens is 198 g/mol. The molecular formula is C14H21NO. The van der Waals surface area contributed by atoms with Crippen LogP contribution in [-0.4, -0.2) is 23.1 Å². The highest BCUT2D eigenvalue weighted by Crippen LogP contribution is 2.21. The predicted octanol–water partition coefficient (Wildman–Crippen LogP) is 2.41. The second-order valence-corrected chi connectivity index (χ2v) is 4.77. The summed E-state index contributed by atoms with van der Waals surface area (Å²) in [6.45, 7) is 5.97. The van der Waals surface area contributed by atoms with E-state index < -0.39 is 0 Å². The van der Waals surface area contributed by atoms with Crippen molar-refractivity contribution < 1.29 is 5.11 Å². The molecule has 1 unspecified atom stereocenters. The Labute approximate surface area is 97.9 Å². The van der Waals surface area contributed by atoms with Crippen molar-refractivity contribution in [2.45, 2.75) is 32.9 Å². The molecule has 0 bridgehead atoms. The Balaban J connectivity index is 1.89. The van der Waals surface area contributed by atoms with E-state index in [1.54, 1.807) is 0 Å². The van der Waals surface area contributed by atoms with Gasteiger partial charge in [0.2, 0.25) is 0 Å². The van der Waals surface area contributed by atoms with E-state index in [4.69, 9.17) is 5.11 Å². The summed E-state index contributed by atoms with van der Waals surface area (Å²) in [5.41, 5.74) is 2.35. The zero-order valence-electron chi connectivity index (χ0n) is 10.0. The number of rotatable bonds is 4. The number of aliphatic hydroxyl groups is 1. The second-order valence-electron chi connectivity index (χ2n) is 4.77. The van der Waals surface area contributed by atoms with Gasteiger partial charge >= 0.3 is 0 Å². The van der Waals surface area contributed by atoms with Gasteiger partial charge in [-0.3, -0.25) is 4.90 Å². The monoisotopic (exact) mass is 219 g/mol. The quantitative estimate of drug-likeness (QED) is 0.840. The molecule has 1 aromatic rings. The molecule has 1 saturated heterocycles. The van der Waals surface area contributed by atoms with Gasteiger partial charge in [0.25, 0.3) is 0 Å². The van der Waals surface area contributed by atoms with Crippen molar-refractivity contribution in [3.63, 3.8) is 0 Å². The van der Waals surface area contributed by atoms with Crippen molar-refractivity contribution in [3.8, 4) is 0 Å². The topological polar surface area (TPSA) is 23.5 Å². The molecule has 1 fully saturated rings. The largest absolute Gasteiger partial charge is 0.392 e. The Bertz CT molecular complexity index is 320. The summed E-state index contributed by atoms with van der Waals surface area (Å²) in [6.07, 6.45) is 2.66. The molecule has 2 rings (SSSR count). The van der Waals surface area contributed by atoms with Crippen LogP contribution in [0.4, 0.5) is 0 Å². The van der Waals surface area contributed by atoms with Gasteiger partial charge in [-0.25, -0.2) is 0 Å². The van der Waals surface area contributed by atoms with Crippen LogP contribution in [0.5, 0.6) is 0 Å². The van der Waals surface area contributed by atoms with E-state index in [-0.39, 0.29) is 6.61 Å². The maximum absolute atomic E-state index is 8.97. The number of hydrogen-bond acceptors (Lipinski definition) is 2. The number of nitrogens with zero attached hydrogens (tertiary/aromatic N) is 1. The maximum Gasteiger partial charge on any atom is 0.0681 e. The molecule has 1 aliphatic heterocycles. The van der Waals surface area contributed by atoms with Crippen LogP contribution in [0, 0.1) is 5.92 Å². The van der Waals surface area contributed by atoms with Crippen LogP contribution in [0.3, 0.4) is 0 Å². The molecule has 0 aromatic heterocycles. The molecule has 1 aromatic carbocycles. The van der Waals surface area contributed by atoms with E-state index >= 15 is 0 Å². The van der Waals surface area contributed by atoms with Gasteiger partial charge < -0.3 is 5.11 Å². The van der Waals surface area contributed by atoms with Gasteiger partial charge in [-0.15, -0.1) is 0 Å². The molecule has 0 amide bonds. The molecule has 88 valence electrons. The maximum atomic E-state index is 8.97. The van der Waals surface area contributed by atoms with Gasteiger partial charge in [-0.2, -0.15) is 0 Å². The molecule has 0 aliphatic carbocycles. The summed E-state index contributed by atoms with van der Waals surface area (Å²) in [7, 11) is 0. The van der Waals surface area contributed by atoms with E-state index in [2.05, 4.69) is 24.0 Å². The number of likely N-dealkylation sites (tertiary alicyclic amines) is 1. The van der Waals surface area contributed by atoms with E-state index in [1.807, 2.05) is 12.1 Å². The molecule has 1 heterocycles. The summed E-state index contributed by atoms with van der Waals surface area (Å²) in [5, 5.41) is 8.97. The van der Waals surface area contributed by atoms with Crippen molar-refractivity contribution >= 4 is 0 Å². The first-order valence-corrected chi connectivity index (χ1v) is 6.23. The van der Waals surface area contributed by atoms with Crippen LogP contribution in [0.15, 0.2) is 24.3 Å². The first-order chi connectivity index (χ1) is 7.81. The van der Waals surface area contributed by atoms with E-state index in [0.29, 0.717) is 0 Å². The second kappa shape index (κ2) is 5.46. The molecule has 0 spiro atoms. The zero-order chi connectivity index (χ0) is 11.4. The number of benzene rings is 1. The third kappa shape index (κ3) is 2.83. The normalized spacial score (nSPS) is 21.5. The van der Waals surface area contributed by atoms with Crippen LogP contribution in [0.1, 0.15) is 30.9 Å². The minimum atomic E-state index is 0.141. The number of hydrogen-bond donors (Lipinski definition) is 1. The molecule has 0 radical (unpaired) electrons. The Morgan fingerprint density at radius 1 is 1.25 bits per heavy atom. The summed E-state index contributed by atoms with van der Waals surface area (Å²) in [5.74, 6) is 0.900. The van der Waals surface area contributed by atoms with E-state index in [9.17, 15) is 0 Å². The SMILES string of the molecule is CCC1CCN(Cc2ccc(CO)cc2)C1. The lowest BCUT2D eigenvalue weighted by Gasteiger charge is -2.15. The highest BCUT2D eigenvalue weighted by atomic mass is 16.3. The first kappa shape index (κ1) is 11.6. The highest BCUT2D eigenvalue weighted by Gasteiger charge is 2.20. The minimum Gasteiger partial charge on any atom is -0.392 e. The van der Waals surface area contributed by atoms with Crippen LogP contribution in [0.2, 0.25) is 0 Å². The molecule has 2 nitrogen and oxygen atoms in total. The third-order valence-electron chi connectivity index (χ3n) is 3.56. The Kier molecular flexibility index (Phi) is 3.97. The van der Waals surface area contributed by atoms with Gasteiger partial charge in [0.15, 0.2) is 0 Å². The smallest absolute Gasteiger partial charge is 0.0681 e. The highest BCUT2D eigenvalue weighted by molar-refractivity contribution is 5.21. The van der Waals surface area contributed by atoms with E-state index in [0.717, 1.165) is 18.0 Å². The van der Waals surface area contributed by atoms with Crippen molar-refractivity contribution in [2.24, 2.45) is 5.92 Å². The van der Waals surface area contributed by atoms with Crippen LogP contribution in [-0.2, 0) is 13.2 Å². The van der Waals surface area contributed by atoms with Crippen molar-refractivity contribution in [3.05, 3.63) is 35.4 Å². The molecule has 1 aliphatic rings. The first-order valence-electron chi connectivity index (χ1n) is 6.23. The average Bonchev–Trinajstić information content (AvgIpc) is 2.78. The average molecular weight is 219 g/mol. The van der Waals surface area contributed by atoms with Gasteiger partial charge in [-0.1, -0.05) is 37.6 Å². The van der Waals surface area contributed by atoms with Crippen molar-refractivity contribution in [1.29, 1.82) is 0 Å². The van der Waals surface area contributed by atoms with Crippen molar-refractivity contribution in [1.82, 2.24) is 4.90 Å². The number of aliphatic hydroxyl groups excluding tert-OH is 1. The minimum absolute atomic E-state index is 0.141. The Hall–Kier alpha value is -0.860. The lowest BCUT2D eigenvalue weighted by atomic mass is 10.1. The van der Waals surface area contributed by atoms with Crippen molar-refractivity contribution in [2.75, 3.05) is 13.1 Å². The van der Waals surface area contributed by atoms with Gasteiger partial charge in [-0.05, 0) is 30.0 Å². The summed E-state index contributed by atoms with van der Waals surface area (Å²) in [4.78, 5) is 2.53. The molecule has 0 saturated carbocycles.